The molecule has 1 aromatic rings. The summed E-state index contributed by atoms with van der Waals surface area (Å²) in [6.45, 7) is 2.80. The van der Waals surface area contributed by atoms with Gasteiger partial charge in [-0.05, 0) is 23.5 Å². The number of thioether (sulfide) groups is 1. The number of carbonyl (C=O) groups is 1. The largest absolute Gasteiger partial charge is 0.354 e. The Morgan fingerprint density at radius 1 is 1.41 bits per heavy atom. The number of rotatable bonds is 6. The number of nitrogens with two attached hydrogens (primary N) is 1. The second kappa shape index (κ2) is 7.35. The topological polar surface area (TPSA) is 55.1 Å². The summed E-state index contributed by atoms with van der Waals surface area (Å²) in [6.07, 6.45) is 2.06. The number of hydrogen-bond acceptors (Lipinski definition) is 3. The first-order valence-corrected chi connectivity index (χ1v) is 7.11. The van der Waals surface area contributed by atoms with Gasteiger partial charge in [0, 0.05) is 6.54 Å². The zero-order valence-electron chi connectivity index (χ0n) is 10.3. The Balaban J connectivity index is 2.43. The van der Waals surface area contributed by atoms with E-state index in [0.717, 1.165) is 11.3 Å². The second-order valence-corrected chi connectivity index (χ2v) is 5.10. The summed E-state index contributed by atoms with van der Waals surface area (Å²) in [5.41, 5.74) is 6.73. The van der Waals surface area contributed by atoms with Crippen LogP contribution in [0.3, 0.4) is 0 Å². The first-order valence-electron chi connectivity index (χ1n) is 5.72. The molecule has 3 nitrogen and oxygen atoms in total. The molecule has 17 heavy (non-hydrogen) atoms. The fourth-order valence-electron chi connectivity index (χ4n) is 1.54. The van der Waals surface area contributed by atoms with Crippen molar-refractivity contribution in [3.63, 3.8) is 0 Å². The van der Waals surface area contributed by atoms with Crippen molar-refractivity contribution < 1.29 is 4.79 Å². The standard InChI is InChI=1S/C13H20N2OS/c1-10(9-17-2)8-15-13(16)12(14)11-6-4-3-5-7-11/h3-7,10,12H,8-9,14H2,1-2H3,(H,15,16). The van der Waals surface area contributed by atoms with Gasteiger partial charge in [-0.1, -0.05) is 37.3 Å². The molecule has 0 bridgehead atoms. The summed E-state index contributed by atoms with van der Waals surface area (Å²) < 4.78 is 0. The van der Waals surface area contributed by atoms with Gasteiger partial charge < -0.3 is 11.1 Å². The van der Waals surface area contributed by atoms with E-state index < -0.39 is 6.04 Å². The minimum absolute atomic E-state index is 0.107. The average molecular weight is 252 g/mol. The molecule has 3 N–H and O–H groups in total. The molecule has 1 rings (SSSR count). The van der Waals surface area contributed by atoms with Crippen molar-refractivity contribution in [2.24, 2.45) is 11.7 Å². The van der Waals surface area contributed by atoms with E-state index in [1.807, 2.05) is 30.3 Å². The Morgan fingerprint density at radius 2 is 2.06 bits per heavy atom. The molecule has 94 valence electrons. The van der Waals surface area contributed by atoms with Gasteiger partial charge in [0.1, 0.15) is 6.04 Å². The molecular formula is C13H20N2OS. The van der Waals surface area contributed by atoms with Crippen molar-refractivity contribution >= 4 is 17.7 Å². The highest BCUT2D eigenvalue weighted by atomic mass is 32.2. The van der Waals surface area contributed by atoms with Crippen LogP contribution in [0.15, 0.2) is 30.3 Å². The molecule has 1 aromatic carbocycles. The van der Waals surface area contributed by atoms with Crippen molar-refractivity contribution in [1.82, 2.24) is 5.32 Å². The van der Waals surface area contributed by atoms with E-state index in [1.165, 1.54) is 0 Å². The maximum atomic E-state index is 11.8. The van der Waals surface area contributed by atoms with Gasteiger partial charge >= 0.3 is 0 Å². The Kier molecular flexibility index (Phi) is 6.08. The molecule has 0 spiro atoms. The van der Waals surface area contributed by atoms with Crippen LogP contribution in [0.2, 0.25) is 0 Å². The third-order valence-corrected chi connectivity index (χ3v) is 3.42. The lowest BCUT2D eigenvalue weighted by molar-refractivity contribution is -0.122. The second-order valence-electron chi connectivity index (χ2n) is 4.19. The highest BCUT2D eigenvalue weighted by Gasteiger charge is 2.15. The highest BCUT2D eigenvalue weighted by Crippen LogP contribution is 2.09. The van der Waals surface area contributed by atoms with Crippen LogP contribution in [-0.2, 0) is 4.79 Å². The third kappa shape index (κ3) is 4.79. The molecular weight excluding hydrogens is 232 g/mol. The molecule has 1 amide bonds. The minimum Gasteiger partial charge on any atom is -0.354 e. The van der Waals surface area contributed by atoms with Gasteiger partial charge in [-0.3, -0.25) is 4.79 Å². The van der Waals surface area contributed by atoms with E-state index >= 15 is 0 Å². The van der Waals surface area contributed by atoms with E-state index in [-0.39, 0.29) is 5.91 Å². The normalized spacial score (nSPS) is 14.1. The molecule has 0 aromatic heterocycles. The molecule has 0 aliphatic heterocycles. The van der Waals surface area contributed by atoms with Gasteiger partial charge in [-0.25, -0.2) is 0 Å². The summed E-state index contributed by atoms with van der Waals surface area (Å²) in [7, 11) is 0. The van der Waals surface area contributed by atoms with E-state index in [9.17, 15) is 4.79 Å². The molecule has 0 heterocycles. The van der Waals surface area contributed by atoms with Crippen LogP contribution in [0.5, 0.6) is 0 Å². The van der Waals surface area contributed by atoms with E-state index in [1.54, 1.807) is 11.8 Å². The molecule has 0 fully saturated rings. The van der Waals surface area contributed by atoms with Crippen molar-refractivity contribution in [3.05, 3.63) is 35.9 Å². The van der Waals surface area contributed by atoms with Crippen molar-refractivity contribution in [2.75, 3.05) is 18.6 Å². The third-order valence-electron chi connectivity index (χ3n) is 2.52. The van der Waals surface area contributed by atoms with Crippen LogP contribution >= 0.6 is 11.8 Å². The van der Waals surface area contributed by atoms with Crippen molar-refractivity contribution in [3.8, 4) is 0 Å². The molecule has 2 atom stereocenters. The summed E-state index contributed by atoms with van der Waals surface area (Å²) in [5.74, 6) is 1.40. The van der Waals surface area contributed by atoms with E-state index in [0.29, 0.717) is 12.5 Å². The lowest BCUT2D eigenvalue weighted by Gasteiger charge is -2.15. The Hall–Kier alpha value is -1.00. The monoisotopic (exact) mass is 252 g/mol. The summed E-state index contributed by atoms with van der Waals surface area (Å²) >= 11 is 1.78. The number of carbonyl (C=O) groups excluding carboxylic acids is 1. The lowest BCUT2D eigenvalue weighted by Crippen LogP contribution is -2.36. The zero-order chi connectivity index (χ0) is 12.7. The Bertz CT molecular complexity index is 343. The maximum absolute atomic E-state index is 11.8. The first kappa shape index (κ1) is 14.1. The van der Waals surface area contributed by atoms with Gasteiger partial charge in [-0.15, -0.1) is 0 Å². The average Bonchev–Trinajstić information content (AvgIpc) is 2.36. The van der Waals surface area contributed by atoms with Crippen molar-refractivity contribution in [2.45, 2.75) is 13.0 Å². The molecule has 0 saturated heterocycles. The van der Waals surface area contributed by atoms with Gasteiger partial charge in [0.2, 0.25) is 5.91 Å². The fourth-order valence-corrected chi connectivity index (χ4v) is 2.23. The van der Waals surface area contributed by atoms with Crippen LogP contribution in [0.25, 0.3) is 0 Å². The van der Waals surface area contributed by atoms with Crippen molar-refractivity contribution in [1.29, 1.82) is 0 Å². The van der Waals surface area contributed by atoms with E-state index in [2.05, 4.69) is 18.5 Å². The molecule has 0 aliphatic carbocycles. The van der Waals surface area contributed by atoms with Gasteiger partial charge in [0.15, 0.2) is 0 Å². The van der Waals surface area contributed by atoms with E-state index in [4.69, 9.17) is 5.73 Å². The Labute approximate surface area is 107 Å². The molecule has 2 unspecified atom stereocenters. The lowest BCUT2D eigenvalue weighted by atomic mass is 10.1. The number of hydrogen-bond donors (Lipinski definition) is 2. The summed E-state index contributed by atoms with van der Waals surface area (Å²) in [4.78, 5) is 11.8. The van der Waals surface area contributed by atoms with Crippen LogP contribution in [0.4, 0.5) is 0 Å². The summed E-state index contributed by atoms with van der Waals surface area (Å²) in [6, 6.07) is 8.86. The molecule has 0 radical (unpaired) electrons. The quantitative estimate of drug-likeness (QED) is 0.811. The highest BCUT2D eigenvalue weighted by molar-refractivity contribution is 7.98. The molecule has 4 heteroatoms. The zero-order valence-corrected chi connectivity index (χ0v) is 11.2. The summed E-state index contributed by atoms with van der Waals surface area (Å²) in [5, 5.41) is 2.89. The molecule has 0 aliphatic rings. The number of nitrogens with one attached hydrogen (secondary N) is 1. The predicted octanol–water partition coefficient (Wildman–Crippen LogP) is 1.80. The van der Waals surface area contributed by atoms with Gasteiger partial charge in [0.25, 0.3) is 0 Å². The molecule has 0 saturated carbocycles. The smallest absolute Gasteiger partial charge is 0.241 e. The Morgan fingerprint density at radius 3 is 2.65 bits per heavy atom. The van der Waals surface area contributed by atoms with Gasteiger partial charge in [0.05, 0.1) is 0 Å². The number of amides is 1. The first-order chi connectivity index (χ1) is 8.15. The number of benzene rings is 1. The minimum atomic E-state index is -0.572. The van der Waals surface area contributed by atoms with Crippen LogP contribution in [0, 0.1) is 5.92 Å². The SMILES string of the molecule is CSCC(C)CNC(=O)C(N)c1ccccc1. The fraction of sp³-hybridized carbons (Fsp3) is 0.462. The van der Waals surface area contributed by atoms with Crippen LogP contribution in [-0.4, -0.2) is 24.5 Å². The van der Waals surface area contributed by atoms with Gasteiger partial charge in [-0.2, -0.15) is 11.8 Å². The van der Waals surface area contributed by atoms with Crippen LogP contribution in [0.1, 0.15) is 18.5 Å². The maximum Gasteiger partial charge on any atom is 0.241 e. The predicted molar refractivity (Wildman–Crippen MR) is 73.9 cm³/mol. The van der Waals surface area contributed by atoms with Crippen LogP contribution < -0.4 is 11.1 Å².